The number of para-hydroxylation sites is 1. The van der Waals surface area contributed by atoms with E-state index in [0.717, 1.165) is 17.5 Å². The number of aromatic nitrogens is 2. The van der Waals surface area contributed by atoms with Crippen LogP contribution in [0.5, 0.6) is 0 Å². The van der Waals surface area contributed by atoms with Gasteiger partial charge >= 0.3 is 0 Å². The van der Waals surface area contributed by atoms with E-state index in [9.17, 15) is 13.2 Å². The molecule has 1 atom stereocenters. The maximum absolute atomic E-state index is 13.0. The van der Waals surface area contributed by atoms with Crippen LogP contribution in [-0.2, 0) is 14.6 Å². The van der Waals surface area contributed by atoms with Gasteiger partial charge in [-0.25, -0.2) is 13.1 Å². The van der Waals surface area contributed by atoms with Gasteiger partial charge in [0.25, 0.3) is 0 Å². The van der Waals surface area contributed by atoms with E-state index in [0.29, 0.717) is 13.1 Å². The minimum Gasteiger partial charge on any atom is -0.348 e. The van der Waals surface area contributed by atoms with Gasteiger partial charge in [-0.2, -0.15) is 5.10 Å². The van der Waals surface area contributed by atoms with Crippen molar-refractivity contribution in [3.63, 3.8) is 0 Å². The molecule has 7 nitrogen and oxygen atoms in total. The van der Waals surface area contributed by atoms with E-state index in [2.05, 4.69) is 15.7 Å². The zero-order chi connectivity index (χ0) is 18.8. The summed E-state index contributed by atoms with van der Waals surface area (Å²) in [6.07, 6.45) is 5.24. The molecule has 2 N–H and O–H groups in total. The van der Waals surface area contributed by atoms with Crippen LogP contribution in [0, 0.1) is 0 Å². The summed E-state index contributed by atoms with van der Waals surface area (Å²) in [5.41, 5.74) is 1.73. The average Bonchev–Trinajstić information content (AvgIpc) is 3.16. The molecule has 1 unspecified atom stereocenters. The lowest BCUT2D eigenvalue weighted by atomic mass is 9.95. The molecule has 148 valence electrons. The first-order valence-corrected chi connectivity index (χ1v) is 10.5. The summed E-state index contributed by atoms with van der Waals surface area (Å²) in [4.78, 5) is 13.0. The number of carbonyl (C=O) groups excluding carboxylic acids is 1. The lowest BCUT2D eigenvalue weighted by Crippen LogP contribution is -2.57. The number of hydrogen-bond acceptors (Lipinski definition) is 5. The van der Waals surface area contributed by atoms with Crippen LogP contribution >= 0.6 is 12.4 Å². The molecular weight excluding hydrogens is 388 g/mol. The monoisotopic (exact) mass is 412 g/mol. The van der Waals surface area contributed by atoms with Gasteiger partial charge in [-0.15, -0.1) is 12.4 Å². The highest BCUT2D eigenvalue weighted by Gasteiger charge is 2.48. The van der Waals surface area contributed by atoms with Gasteiger partial charge in [-0.1, -0.05) is 18.2 Å². The number of nitrogens with zero attached hydrogens (tertiary/aromatic N) is 2. The fourth-order valence-corrected chi connectivity index (χ4v) is 4.82. The number of rotatable bonds is 5. The number of halogens is 1. The average molecular weight is 413 g/mol. The topological polar surface area (TPSA) is 93.1 Å². The number of benzene rings is 1. The Morgan fingerprint density at radius 2 is 1.93 bits per heavy atom. The smallest absolute Gasteiger partial charge is 0.242 e. The van der Waals surface area contributed by atoms with Gasteiger partial charge in [0.1, 0.15) is 0 Å². The van der Waals surface area contributed by atoms with E-state index < -0.39 is 20.5 Å². The molecule has 1 amide bonds. The minimum atomic E-state index is -3.54. The second-order valence-electron chi connectivity index (χ2n) is 6.72. The van der Waals surface area contributed by atoms with E-state index >= 15 is 0 Å². The molecule has 1 aliphatic heterocycles. The lowest BCUT2D eigenvalue weighted by molar-refractivity contribution is -0.125. The van der Waals surface area contributed by atoms with E-state index in [1.54, 1.807) is 10.9 Å². The van der Waals surface area contributed by atoms with Gasteiger partial charge in [0.15, 0.2) is 14.6 Å². The number of amides is 1. The summed E-state index contributed by atoms with van der Waals surface area (Å²) in [5, 5.41) is 10.3. The molecule has 0 radical (unpaired) electrons. The van der Waals surface area contributed by atoms with Crippen molar-refractivity contribution in [2.45, 2.75) is 30.6 Å². The third-order valence-corrected chi connectivity index (χ3v) is 7.05. The van der Waals surface area contributed by atoms with Crippen molar-refractivity contribution >= 4 is 28.2 Å². The maximum Gasteiger partial charge on any atom is 0.242 e. The Balaban J connectivity index is 0.00000261. The molecule has 2 heterocycles. The Hall–Kier alpha value is -1.90. The maximum atomic E-state index is 13.0. The molecular formula is C18H25ClN4O3S. The van der Waals surface area contributed by atoms with E-state index in [1.165, 1.54) is 0 Å². The summed E-state index contributed by atoms with van der Waals surface area (Å²) >= 11 is 0. The Labute approximate surface area is 165 Å². The molecule has 1 aromatic heterocycles. The zero-order valence-electron chi connectivity index (χ0n) is 15.4. The van der Waals surface area contributed by atoms with Gasteiger partial charge in [-0.3, -0.25) is 4.79 Å². The van der Waals surface area contributed by atoms with Crippen molar-refractivity contribution in [3.8, 4) is 5.69 Å². The fraction of sp³-hybridized carbons (Fsp3) is 0.444. The van der Waals surface area contributed by atoms with Gasteiger partial charge < -0.3 is 10.6 Å². The van der Waals surface area contributed by atoms with Crippen molar-refractivity contribution in [1.29, 1.82) is 0 Å². The van der Waals surface area contributed by atoms with Crippen LogP contribution < -0.4 is 10.6 Å². The van der Waals surface area contributed by atoms with Crippen LogP contribution in [0.3, 0.4) is 0 Å². The SMILES string of the molecule is CC(NC(=O)C1(S(C)(=O)=O)CCNCC1)c1ccccc1-n1cccn1.Cl. The largest absolute Gasteiger partial charge is 0.348 e. The molecule has 1 aromatic carbocycles. The third-order valence-electron chi connectivity index (χ3n) is 5.04. The first-order valence-electron chi connectivity index (χ1n) is 8.65. The first kappa shape index (κ1) is 21.4. The molecule has 0 bridgehead atoms. The second kappa shape index (κ2) is 8.41. The molecule has 9 heteroatoms. The zero-order valence-corrected chi connectivity index (χ0v) is 17.0. The highest BCUT2D eigenvalue weighted by atomic mass is 35.5. The molecule has 0 spiro atoms. The molecule has 3 rings (SSSR count). The van der Waals surface area contributed by atoms with Crippen LogP contribution in [0.2, 0.25) is 0 Å². The van der Waals surface area contributed by atoms with Crippen LogP contribution in [0.25, 0.3) is 5.69 Å². The van der Waals surface area contributed by atoms with Crippen molar-refractivity contribution in [2.75, 3.05) is 19.3 Å². The Kier molecular flexibility index (Phi) is 6.67. The molecule has 1 aliphatic rings. The number of piperidine rings is 1. The quantitative estimate of drug-likeness (QED) is 0.778. The van der Waals surface area contributed by atoms with Crippen molar-refractivity contribution in [1.82, 2.24) is 20.4 Å². The lowest BCUT2D eigenvalue weighted by Gasteiger charge is -2.35. The minimum absolute atomic E-state index is 0. The normalized spacial score (nSPS) is 17.6. The molecule has 0 aliphatic carbocycles. The van der Waals surface area contributed by atoms with Gasteiger partial charge in [-0.05, 0) is 50.6 Å². The highest BCUT2D eigenvalue weighted by Crippen LogP contribution is 2.30. The van der Waals surface area contributed by atoms with E-state index in [4.69, 9.17) is 0 Å². The van der Waals surface area contributed by atoms with Crippen LogP contribution in [0.4, 0.5) is 0 Å². The second-order valence-corrected chi connectivity index (χ2v) is 9.05. The van der Waals surface area contributed by atoms with Crippen molar-refractivity contribution in [2.24, 2.45) is 0 Å². The summed E-state index contributed by atoms with van der Waals surface area (Å²) in [5.74, 6) is -0.427. The molecule has 0 saturated carbocycles. The van der Waals surface area contributed by atoms with Crippen molar-refractivity contribution in [3.05, 3.63) is 48.3 Å². The van der Waals surface area contributed by atoms with Gasteiger partial charge in [0, 0.05) is 18.6 Å². The molecule has 27 heavy (non-hydrogen) atoms. The Morgan fingerprint density at radius 1 is 1.26 bits per heavy atom. The summed E-state index contributed by atoms with van der Waals surface area (Å²) in [7, 11) is -3.54. The van der Waals surface area contributed by atoms with Crippen LogP contribution in [-0.4, -0.2) is 48.2 Å². The highest BCUT2D eigenvalue weighted by molar-refractivity contribution is 7.92. The van der Waals surface area contributed by atoms with E-state index in [-0.39, 0.29) is 31.3 Å². The van der Waals surface area contributed by atoms with Gasteiger partial charge in [0.05, 0.1) is 11.7 Å². The number of sulfone groups is 1. The number of carbonyl (C=O) groups is 1. The number of nitrogens with one attached hydrogen (secondary N) is 2. The van der Waals surface area contributed by atoms with Crippen LogP contribution in [0.15, 0.2) is 42.7 Å². The Morgan fingerprint density at radius 3 is 2.52 bits per heavy atom. The summed E-state index contributed by atoms with van der Waals surface area (Å²) < 4.78 is 25.2. The third kappa shape index (κ3) is 4.17. The van der Waals surface area contributed by atoms with Crippen LogP contribution in [0.1, 0.15) is 31.4 Å². The van der Waals surface area contributed by atoms with E-state index in [1.807, 2.05) is 43.5 Å². The predicted octanol–water partition coefficient (Wildman–Crippen LogP) is 1.64. The fourth-order valence-electron chi connectivity index (χ4n) is 3.48. The standard InChI is InChI=1S/C18H24N4O3S.ClH/c1-14(15-6-3-4-7-16(15)22-13-5-10-20-22)21-17(23)18(26(2,24)25)8-11-19-12-9-18;/h3-7,10,13-14,19H,8-9,11-12H2,1-2H3,(H,21,23);1H. The summed E-state index contributed by atoms with van der Waals surface area (Å²) in [6.45, 7) is 2.88. The molecule has 2 aromatic rings. The Bertz CT molecular complexity index is 878. The molecule has 1 fully saturated rings. The van der Waals surface area contributed by atoms with Crippen molar-refractivity contribution < 1.29 is 13.2 Å². The summed E-state index contributed by atoms with van der Waals surface area (Å²) in [6, 6.07) is 9.10. The number of hydrogen-bond donors (Lipinski definition) is 2. The molecule has 1 saturated heterocycles. The van der Waals surface area contributed by atoms with Gasteiger partial charge in [0.2, 0.25) is 5.91 Å². The first-order chi connectivity index (χ1) is 12.3. The predicted molar refractivity (Wildman–Crippen MR) is 107 cm³/mol.